The predicted molar refractivity (Wildman–Crippen MR) is 138 cm³/mol. The molecule has 14 N–H and O–H groups in total. The van der Waals surface area contributed by atoms with Crippen LogP contribution >= 0.6 is 0 Å². The normalized spacial score (nSPS) is 53.9. The summed E-state index contributed by atoms with van der Waals surface area (Å²) < 4.78 is 27.4. The lowest BCUT2D eigenvalue weighted by atomic mass is 9.79. The van der Waals surface area contributed by atoms with Gasteiger partial charge in [0, 0.05) is 18.6 Å². The summed E-state index contributed by atoms with van der Waals surface area (Å²) in [7, 11) is 0. The third-order valence-electron chi connectivity index (χ3n) is 8.89. The summed E-state index contributed by atoms with van der Waals surface area (Å²) in [6, 6.07) is -1.96. The molecule has 1 aliphatic carbocycles. The van der Waals surface area contributed by atoms with E-state index in [0.717, 1.165) is 0 Å². The largest absolute Gasteiger partial charge is 0.396 e. The maximum absolute atomic E-state index is 10.9. The Bertz CT molecular complexity index is 901. The summed E-state index contributed by atoms with van der Waals surface area (Å²) >= 11 is 0. The Kier molecular flexibility index (Phi) is 12.3. The molecule has 0 aromatic carbocycles. The lowest BCUT2D eigenvalue weighted by Crippen LogP contribution is -2.69. The molecule has 258 valence electrons. The first-order valence-corrected chi connectivity index (χ1v) is 14.4. The van der Waals surface area contributed by atoms with E-state index in [4.69, 9.17) is 23.7 Å². The van der Waals surface area contributed by atoms with Crippen LogP contribution in [0, 0.1) is 5.92 Å². The minimum Gasteiger partial charge on any atom is -0.396 e. The van der Waals surface area contributed by atoms with Crippen LogP contribution in [0.2, 0.25) is 0 Å². The van der Waals surface area contributed by atoms with E-state index >= 15 is 0 Å². The van der Waals surface area contributed by atoms with Crippen molar-refractivity contribution in [3.05, 3.63) is 0 Å². The molecule has 19 heteroatoms. The molecule has 20 atom stereocenters. The van der Waals surface area contributed by atoms with Crippen LogP contribution in [0.1, 0.15) is 13.3 Å². The van der Waals surface area contributed by atoms with Gasteiger partial charge in [0.05, 0.1) is 37.6 Å². The molecular formula is C25H45NO18. The lowest BCUT2D eigenvalue weighted by molar-refractivity contribution is -0.374. The summed E-state index contributed by atoms with van der Waals surface area (Å²) in [6.45, 7) is -0.584. The highest BCUT2D eigenvalue weighted by Gasteiger charge is 2.54. The molecule has 3 aliphatic heterocycles. The zero-order valence-electron chi connectivity index (χ0n) is 23.7. The Morgan fingerprint density at radius 3 is 1.66 bits per heavy atom. The fourth-order valence-electron chi connectivity index (χ4n) is 6.17. The molecule has 4 fully saturated rings. The number of hydrogen-bond donors (Lipinski definition) is 14. The van der Waals surface area contributed by atoms with E-state index in [2.05, 4.69) is 5.32 Å². The summed E-state index contributed by atoms with van der Waals surface area (Å²) in [5.74, 6) is -0.772. The van der Waals surface area contributed by atoms with Crippen molar-refractivity contribution in [2.75, 3.05) is 19.8 Å². The van der Waals surface area contributed by atoms with Gasteiger partial charge in [-0.05, 0) is 13.3 Å². The summed E-state index contributed by atoms with van der Waals surface area (Å²) in [5, 5.41) is 136. The van der Waals surface area contributed by atoms with Gasteiger partial charge in [-0.3, -0.25) is 0 Å². The van der Waals surface area contributed by atoms with Gasteiger partial charge in [0.15, 0.2) is 18.9 Å². The molecular weight excluding hydrogens is 602 g/mol. The predicted octanol–water partition coefficient (Wildman–Crippen LogP) is -8.48. The highest BCUT2D eigenvalue weighted by Crippen LogP contribution is 2.33. The van der Waals surface area contributed by atoms with Crippen LogP contribution in [0.5, 0.6) is 0 Å². The third-order valence-corrected chi connectivity index (χ3v) is 8.89. The van der Waals surface area contributed by atoms with Crippen molar-refractivity contribution in [2.45, 2.75) is 130 Å². The molecule has 4 rings (SSSR count). The van der Waals surface area contributed by atoms with Crippen molar-refractivity contribution < 1.29 is 90.1 Å². The van der Waals surface area contributed by atoms with Crippen LogP contribution in [0.3, 0.4) is 0 Å². The molecule has 1 saturated carbocycles. The molecule has 0 spiro atoms. The number of nitrogens with one attached hydrogen (secondary N) is 1. The highest BCUT2D eigenvalue weighted by molar-refractivity contribution is 5.02. The second-order valence-corrected chi connectivity index (χ2v) is 11.8. The fraction of sp³-hybridized carbons (Fsp3) is 1.00. The molecule has 3 saturated heterocycles. The molecule has 19 nitrogen and oxygen atoms in total. The van der Waals surface area contributed by atoms with E-state index in [0.29, 0.717) is 0 Å². The molecule has 0 radical (unpaired) electrons. The Labute approximate surface area is 251 Å². The fourth-order valence-corrected chi connectivity index (χ4v) is 6.17. The maximum atomic E-state index is 10.9. The van der Waals surface area contributed by atoms with Crippen molar-refractivity contribution in [3.8, 4) is 0 Å². The Morgan fingerprint density at radius 1 is 0.568 bits per heavy atom. The van der Waals surface area contributed by atoms with Gasteiger partial charge in [0.25, 0.3) is 0 Å². The second kappa shape index (κ2) is 15.0. The van der Waals surface area contributed by atoms with Gasteiger partial charge in [-0.15, -0.1) is 0 Å². The van der Waals surface area contributed by atoms with Gasteiger partial charge >= 0.3 is 0 Å². The van der Waals surface area contributed by atoms with E-state index in [1.807, 2.05) is 0 Å². The number of aliphatic hydroxyl groups is 13. The molecule has 0 amide bonds. The first kappa shape index (κ1) is 36.1. The van der Waals surface area contributed by atoms with Gasteiger partial charge in [-0.25, -0.2) is 0 Å². The van der Waals surface area contributed by atoms with Crippen LogP contribution < -0.4 is 5.32 Å². The van der Waals surface area contributed by atoms with E-state index in [-0.39, 0.29) is 6.42 Å². The molecule has 0 bridgehead atoms. The average Bonchev–Trinajstić information content (AvgIpc) is 3.00. The standard InChI is InChI=1S/C25H45NO18/c1-6-11(26-8-2-7(3-27)12(30)15(33)13(8)31)14(32)19(37)24(40-6)43-22-10(5-29)42-25(20(38)17(22)35)44-21-9(4-28)41-23(39)18(36)16(21)34/h6-39H,2-5H2,1H3/t6-,7?,8+,9-,10-,11-,12-,13+,14+,15+,16-,17-,18-,19-,20-,21-,22-,23-,24-,25+/m1/s1. The van der Waals surface area contributed by atoms with Gasteiger partial charge in [0.1, 0.15) is 67.1 Å². The average molecular weight is 648 g/mol. The van der Waals surface area contributed by atoms with Crippen LogP contribution in [0.15, 0.2) is 0 Å². The van der Waals surface area contributed by atoms with E-state index in [9.17, 15) is 66.4 Å². The van der Waals surface area contributed by atoms with Crippen LogP contribution in [-0.4, -0.2) is 203 Å². The van der Waals surface area contributed by atoms with Gasteiger partial charge in [-0.2, -0.15) is 0 Å². The van der Waals surface area contributed by atoms with Crippen molar-refractivity contribution in [3.63, 3.8) is 0 Å². The number of aliphatic hydroxyl groups excluding tert-OH is 13. The zero-order valence-corrected chi connectivity index (χ0v) is 23.7. The van der Waals surface area contributed by atoms with Crippen LogP contribution in [0.4, 0.5) is 0 Å². The van der Waals surface area contributed by atoms with Crippen molar-refractivity contribution in [2.24, 2.45) is 5.92 Å². The molecule has 4 aliphatic rings. The summed E-state index contributed by atoms with van der Waals surface area (Å²) in [4.78, 5) is 0. The summed E-state index contributed by atoms with van der Waals surface area (Å²) in [6.07, 6.45) is -27.4. The summed E-state index contributed by atoms with van der Waals surface area (Å²) in [5.41, 5.74) is 0. The monoisotopic (exact) mass is 647 g/mol. The van der Waals surface area contributed by atoms with E-state index in [1.54, 1.807) is 0 Å². The molecule has 0 aromatic rings. The van der Waals surface area contributed by atoms with E-state index in [1.165, 1.54) is 6.92 Å². The number of rotatable bonds is 9. The Hall–Kier alpha value is -0.760. The van der Waals surface area contributed by atoms with Gasteiger partial charge < -0.3 is 95.4 Å². The smallest absolute Gasteiger partial charge is 0.187 e. The van der Waals surface area contributed by atoms with Crippen molar-refractivity contribution in [1.29, 1.82) is 0 Å². The molecule has 1 unspecified atom stereocenters. The minimum atomic E-state index is -1.93. The van der Waals surface area contributed by atoms with E-state index < -0.39 is 142 Å². The zero-order chi connectivity index (χ0) is 32.6. The number of hydrogen-bond acceptors (Lipinski definition) is 19. The first-order valence-electron chi connectivity index (χ1n) is 14.4. The van der Waals surface area contributed by atoms with Crippen LogP contribution in [-0.2, 0) is 23.7 Å². The molecule has 0 aromatic heterocycles. The molecule has 3 heterocycles. The van der Waals surface area contributed by atoms with Gasteiger partial charge in [0.2, 0.25) is 0 Å². The maximum Gasteiger partial charge on any atom is 0.187 e. The quantitative estimate of drug-likeness (QED) is 0.110. The van der Waals surface area contributed by atoms with Crippen LogP contribution in [0.25, 0.3) is 0 Å². The van der Waals surface area contributed by atoms with Crippen molar-refractivity contribution in [1.82, 2.24) is 5.32 Å². The topological polar surface area (TPSA) is 321 Å². The minimum absolute atomic E-state index is 0.0232. The lowest BCUT2D eigenvalue weighted by Gasteiger charge is -2.49. The van der Waals surface area contributed by atoms with Gasteiger partial charge in [-0.1, -0.05) is 0 Å². The Morgan fingerprint density at radius 2 is 1.09 bits per heavy atom. The first-order chi connectivity index (χ1) is 20.7. The third kappa shape index (κ3) is 7.06. The second-order valence-electron chi connectivity index (χ2n) is 11.8. The SMILES string of the molecule is C[C@H]1O[C@H](O[C@H]2[C@H](O)[C@@H](O)[C@H](O[C@H]3[C@H](O)[C@@H](O)[C@H](O)O[C@@H]3CO)O[C@@H]2CO)[C@H](O)[C@@H](O)[C@@H]1N[C@H]1CC(CO)[C@@H](O)[C@H](O)[C@H]1O. The highest BCUT2D eigenvalue weighted by atomic mass is 16.7. The number of ether oxygens (including phenoxy) is 5. The Balaban J connectivity index is 1.41. The van der Waals surface area contributed by atoms with Crippen molar-refractivity contribution >= 4 is 0 Å². The molecule has 44 heavy (non-hydrogen) atoms.